The van der Waals surface area contributed by atoms with Gasteiger partial charge in [0.1, 0.15) is 67.1 Å². The molecule has 428 valence electrons. The third-order valence-corrected chi connectivity index (χ3v) is 20.7. The van der Waals surface area contributed by atoms with Gasteiger partial charge in [-0.3, -0.25) is 0 Å². The van der Waals surface area contributed by atoms with Crippen LogP contribution in [-0.4, -0.2) is 214 Å². The minimum Gasteiger partial charge on any atom is -0.479 e. The van der Waals surface area contributed by atoms with Crippen molar-refractivity contribution in [2.75, 3.05) is 13.2 Å². The second-order valence-electron chi connectivity index (χ2n) is 25.1. The molecule has 0 bridgehead atoms. The zero-order chi connectivity index (χ0) is 55.6. The van der Waals surface area contributed by atoms with Gasteiger partial charge in [0.05, 0.1) is 49.1 Å². The number of fused-ring (bicyclic) bond motifs is 7. The molecule has 13 N–H and O–H groups in total. The van der Waals surface area contributed by atoms with Gasteiger partial charge in [0.2, 0.25) is 0 Å². The van der Waals surface area contributed by atoms with Crippen molar-refractivity contribution >= 4 is 11.9 Å². The Morgan fingerprint density at radius 2 is 1.32 bits per heavy atom. The highest BCUT2D eigenvalue weighted by Gasteiger charge is 2.76. The molecule has 7 fully saturated rings. The van der Waals surface area contributed by atoms with E-state index in [4.69, 9.17) is 33.2 Å². The molecule has 4 saturated carbocycles. The quantitative estimate of drug-likeness (QED) is 0.0518. The lowest BCUT2D eigenvalue weighted by Crippen LogP contribution is -2.76. The molecule has 0 unspecified atom stereocenters. The molecule has 27 atom stereocenters. The van der Waals surface area contributed by atoms with E-state index in [1.807, 2.05) is 34.6 Å². The molecule has 22 heteroatoms. The highest BCUT2D eigenvalue weighted by atomic mass is 16.8. The van der Waals surface area contributed by atoms with Crippen LogP contribution < -0.4 is 0 Å². The Hall–Kier alpha value is -2.30. The summed E-state index contributed by atoms with van der Waals surface area (Å²) in [4.78, 5) is 26.5. The number of esters is 1. The predicted octanol–water partition coefficient (Wildman–Crippen LogP) is -0.866. The molecule has 3 saturated heterocycles. The predicted molar refractivity (Wildman–Crippen MR) is 258 cm³/mol. The van der Waals surface area contributed by atoms with Gasteiger partial charge in [-0.25, -0.2) is 9.59 Å². The Kier molecular flexibility index (Phi) is 16.2. The molecule has 8 aliphatic rings. The number of carbonyl (C=O) groups is 2. The second-order valence-corrected chi connectivity index (χ2v) is 25.1. The molecule has 0 spiro atoms. The van der Waals surface area contributed by atoms with E-state index in [0.717, 1.165) is 5.57 Å². The zero-order valence-corrected chi connectivity index (χ0v) is 44.6. The molecule has 3 aliphatic heterocycles. The fraction of sp³-hybridized carbons (Fsp3) is 0.887. The van der Waals surface area contributed by atoms with E-state index < -0.39 is 186 Å². The number of rotatable bonds is 11. The van der Waals surface area contributed by atoms with E-state index in [1.165, 1.54) is 6.92 Å². The SMILES string of the molecule is C/C=C(/C)C(=O)O[C@H]1[C@H](O)C(C)(C)C[C@@H]2C3=CC[C@@H]4[C@@]5(C)CC[C@H](O[C@@H]6O[C@H](C(=O)O)[C@@H](O[C@@H]7O[C@@H](C)[C@H](O)[C@@H](O)[C@H]7O)[C@H](O)[C@H]6O[C@@H]6O[C@H](CO)[C@@H](O)[C@H](O)[C@H]6O)C(C)(C)[C@@H]5CC[C@@]4(C)[C@]3(C)[C@@H](O)[C@@H](O)[C@]21CO. The van der Waals surface area contributed by atoms with Gasteiger partial charge < -0.3 is 99.5 Å². The molecule has 0 amide bonds. The van der Waals surface area contributed by atoms with Crippen molar-refractivity contribution in [1.82, 2.24) is 0 Å². The fourth-order valence-electron chi connectivity index (χ4n) is 15.8. The Morgan fingerprint density at radius 3 is 1.92 bits per heavy atom. The fourth-order valence-corrected chi connectivity index (χ4v) is 15.8. The first-order valence-corrected chi connectivity index (χ1v) is 26.6. The van der Waals surface area contributed by atoms with Crippen LogP contribution in [0.15, 0.2) is 23.3 Å². The molecule has 0 aromatic rings. The number of carboxylic acids is 1. The smallest absolute Gasteiger partial charge is 0.335 e. The van der Waals surface area contributed by atoms with Crippen molar-refractivity contribution in [3.8, 4) is 0 Å². The van der Waals surface area contributed by atoms with Gasteiger partial charge in [-0.05, 0) is 98.7 Å². The van der Waals surface area contributed by atoms with Gasteiger partial charge in [0.25, 0.3) is 0 Å². The molecular weight excluding hydrogens is 989 g/mol. The minimum absolute atomic E-state index is 0.113. The topological polar surface area (TPSA) is 362 Å². The minimum atomic E-state index is -2.07. The van der Waals surface area contributed by atoms with Crippen LogP contribution in [-0.2, 0) is 42.7 Å². The summed E-state index contributed by atoms with van der Waals surface area (Å²) in [5.74, 6) is -3.19. The summed E-state index contributed by atoms with van der Waals surface area (Å²) in [6, 6.07) is 0. The van der Waals surface area contributed by atoms with E-state index in [0.29, 0.717) is 38.5 Å². The monoisotopic (exact) mass is 1070 g/mol. The standard InChI is InChI=1S/C53H84O22/c1-11-21(2)44(68)75-42-41(65)48(4,5)18-24-23-12-13-27-50(8)16-15-28(49(6,7)26(50)14-17-51(27,9)52(23,10)39(63)40(64)53(24,42)20-55)71-47-37(73-46-34(61)32(59)30(57)25(19-54)70-46)35(62)36(38(74-47)43(66)67)72-45-33(60)31(58)29(56)22(3)69-45/h11-12,22,24-42,45-47,54-65H,13-20H2,1-10H3,(H,66,67)/b21-11-/t22-,24+,25+,26-,27+,28-,29-,30+,31+,32-,33+,34+,35-,36-,37+,38-,39-,40+,41-,42-,45-,46-,47+,50-,51+,52-,53-/m0/s1. The lowest BCUT2D eigenvalue weighted by molar-refractivity contribution is -0.390. The van der Waals surface area contributed by atoms with Crippen LogP contribution in [0.3, 0.4) is 0 Å². The van der Waals surface area contributed by atoms with Gasteiger partial charge in [0, 0.05) is 11.0 Å². The first-order valence-electron chi connectivity index (χ1n) is 26.6. The average Bonchev–Trinajstić information content (AvgIpc) is 3.36. The summed E-state index contributed by atoms with van der Waals surface area (Å²) in [6.07, 6.45) is -26.7. The van der Waals surface area contributed by atoms with E-state index in [2.05, 4.69) is 19.9 Å². The third kappa shape index (κ3) is 8.91. The van der Waals surface area contributed by atoms with Crippen LogP contribution >= 0.6 is 0 Å². The van der Waals surface area contributed by atoms with Crippen molar-refractivity contribution in [2.45, 2.75) is 230 Å². The van der Waals surface area contributed by atoms with Crippen LogP contribution in [0, 0.1) is 50.2 Å². The Bertz CT molecular complexity index is 2170. The lowest BCUT2D eigenvalue weighted by atomic mass is 9.32. The van der Waals surface area contributed by atoms with Crippen LogP contribution in [0.25, 0.3) is 0 Å². The highest BCUT2D eigenvalue weighted by molar-refractivity contribution is 5.87. The summed E-state index contributed by atoms with van der Waals surface area (Å²) >= 11 is 0. The molecule has 0 aromatic heterocycles. The summed E-state index contributed by atoms with van der Waals surface area (Å²) in [6.45, 7) is 17.3. The van der Waals surface area contributed by atoms with Gasteiger partial charge in [-0.15, -0.1) is 0 Å². The van der Waals surface area contributed by atoms with Crippen molar-refractivity contribution in [3.05, 3.63) is 23.3 Å². The van der Waals surface area contributed by atoms with Crippen molar-refractivity contribution in [3.63, 3.8) is 0 Å². The molecule has 5 aliphatic carbocycles. The summed E-state index contributed by atoms with van der Waals surface area (Å²) in [5, 5.41) is 146. The van der Waals surface area contributed by atoms with Crippen molar-refractivity contribution in [2.24, 2.45) is 50.2 Å². The third-order valence-electron chi connectivity index (χ3n) is 20.7. The number of aliphatic hydroxyl groups excluding tert-OH is 12. The van der Waals surface area contributed by atoms with E-state index in [9.17, 15) is 76.0 Å². The first-order chi connectivity index (χ1) is 34.9. The van der Waals surface area contributed by atoms with E-state index in [-0.39, 0.29) is 17.4 Å². The highest BCUT2D eigenvalue weighted by Crippen LogP contribution is 2.76. The molecular formula is C53H84O22. The van der Waals surface area contributed by atoms with Crippen LogP contribution in [0.4, 0.5) is 0 Å². The summed E-state index contributed by atoms with van der Waals surface area (Å²) in [7, 11) is 0. The number of carbonyl (C=O) groups excluding carboxylic acids is 1. The van der Waals surface area contributed by atoms with E-state index in [1.54, 1.807) is 19.9 Å². The number of aliphatic carboxylic acids is 1. The molecule has 3 heterocycles. The zero-order valence-electron chi connectivity index (χ0n) is 44.6. The van der Waals surface area contributed by atoms with Gasteiger partial charge >= 0.3 is 11.9 Å². The maximum atomic E-state index is 13.4. The molecule has 0 aromatic carbocycles. The van der Waals surface area contributed by atoms with Crippen LogP contribution in [0.5, 0.6) is 0 Å². The van der Waals surface area contributed by atoms with Crippen molar-refractivity contribution in [1.29, 1.82) is 0 Å². The van der Waals surface area contributed by atoms with Gasteiger partial charge in [0.15, 0.2) is 25.0 Å². The summed E-state index contributed by atoms with van der Waals surface area (Å²) in [5.41, 5.74) is -4.35. The number of carboxylic acid groups (broad SMARTS) is 1. The number of hydrogen-bond donors (Lipinski definition) is 13. The van der Waals surface area contributed by atoms with E-state index >= 15 is 0 Å². The average molecular weight is 1070 g/mol. The molecule has 8 rings (SSSR count). The maximum absolute atomic E-state index is 13.4. The first kappa shape index (κ1) is 58.8. The number of aliphatic hydroxyl groups is 12. The van der Waals surface area contributed by atoms with Gasteiger partial charge in [-0.2, -0.15) is 0 Å². The van der Waals surface area contributed by atoms with Crippen LogP contribution in [0.1, 0.15) is 108 Å². The Labute approximate surface area is 437 Å². The van der Waals surface area contributed by atoms with Crippen molar-refractivity contribution < 1.29 is 109 Å². The number of ether oxygens (including phenoxy) is 7. The molecule has 22 nitrogen and oxygen atoms in total. The number of hydrogen-bond acceptors (Lipinski definition) is 21. The Balaban J connectivity index is 1.11. The van der Waals surface area contributed by atoms with Gasteiger partial charge in [-0.1, -0.05) is 66.2 Å². The lowest BCUT2D eigenvalue weighted by Gasteiger charge is -2.73. The second kappa shape index (κ2) is 20.7. The molecule has 0 radical (unpaired) electrons. The molecule has 75 heavy (non-hydrogen) atoms. The number of allylic oxidation sites excluding steroid dienone is 2. The largest absolute Gasteiger partial charge is 0.479 e. The Morgan fingerprint density at radius 1 is 0.707 bits per heavy atom. The normalized spacial score (nSPS) is 52.5. The summed E-state index contributed by atoms with van der Waals surface area (Å²) < 4.78 is 42.3. The maximum Gasteiger partial charge on any atom is 0.335 e. The van der Waals surface area contributed by atoms with Crippen LogP contribution in [0.2, 0.25) is 0 Å².